The average Bonchev–Trinajstić information content (AvgIpc) is 2.70. The van der Waals surface area contributed by atoms with Crippen molar-refractivity contribution in [3.8, 4) is 0 Å². The van der Waals surface area contributed by atoms with Gasteiger partial charge in [-0.25, -0.2) is 9.78 Å². The van der Waals surface area contributed by atoms with Crippen LogP contribution in [0.4, 0.5) is 0 Å². The van der Waals surface area contributed by atoms with Crippen LogP contribution in [0.3, 0.4) is 0 Å². The highest BCUT2D eigenvalue weighted by Crippen LogP contribution is 2.22. The molecule has 1 aromatic carbocycles. The number of carboxylic acids is 1. The van der Waals surface area contributed by atoms with Gasteiger partial charge in [0.15, 0.2) is 0 Å². The lowest BCUT2D eigenvalue weighted by Crippen LogP contribution is -2.13. The van der Waals surface area contributed by atoms with Gasteiger partial charge in [-0.15, -0.1) is 0 Å². The topological polar surface area (TPSA) is 64.4 Å². The molecule has 0 amide bonds. The van der Waals surface area contributed by atoms with Crippen LogP contribution in [0.25, 0.3) is 11.0 Å². The number of aromatic nitrogens is 2. The maximum Gasteiger partial charge on any atom is 0.335 e. The minimum absolute atomic E-state index is 0.167. The molecule has 0 saturated carbocycles. The van der Waals surface area contributed by atoms with Crippen molar-refractivity contribution < 1.29 is 14.6 Å². The molecule has 1 aromatic heterocycles. The normalized spacial score (nSPS) is 12.8. The standard InChI is InChI=1S/C14H18N2O3/c1-4-19-8-9(2)16-10(3)15-12-7-11(14(17)18)5-6-13(12)16/h5-7,9H,4,8H2,1-3H3,(H,17,18). The van der Waals surface area contributed by atoms with E-state index in [-0.39, 0.29) is 11.6 Å². The molecule has 0 fully saturated rings. The molecule has 1 N–H and O–H groups in total. The van der Waals surface area contributed by atoms with Crippen LogP contribution in [0.5, 0.6) is 0 Å². The minimum Gasteiger partial charge on any atom is -0.478 e. The smallest absolute Gasteiger partial charge is 0.335 e. The zero-order valence-electron chi connectivity index (χ0n) is 11.4. The van der Waals surface area contributed by atoms with Crippen molar-refractivity contribution in [2.45, 2.75) is 26.8 Å². The van der Waals surface area contributed by atoms with Gasteiger partial charge in [-0.05, 0) is 39.0 Å². The predicted molar refractivity (Wildman–Crippen MR) is 72.6 cm³/mol. The van der Waals surface area contributed by atoms with Crippen LogP contribution in [0, 0.1) is 6.92 Å². The third kappa shape index (κ3) is 2.61. The molecule has 0 bridgehead atoms. The Hall–Kier alpha value is -1.88. The zero-order valence-corrected chi connectivity index (χ0v) is 11.4. The summed E-state index contributed by atoms with van der Waals surface area (Å²) in [7, 11) is 0. The second-order valence-electron chi connectivity index (χ2n) is 4.55. The SMILES string of the molecule is CCOCC(C)n1c(C)nc2cc(C(=O)O)ccc21. The van der Waals surface area contributed by atoms with Gasteiger partial charge >= 0.3 is 5.97 Å². The first-order chi connectivity index (χ1) is 9.04. The highest BCUT2D eigenvalue weighted by atomic mass is 16.5. The molecule has 0 aliphatic heterocycles. The van der Waals surface area contributed by atoms with E-state index < -0.39 is 5.97 Å². The molecule has 2 rings (SSSR count). The molecule has 0 saturated heterocycles. The summed E-state index contributed by atoms with van der Waals surface area (Å²) >= 11 is 0. The number of aryl methyl sites for hydroxylation is 1. The summed E-state index contributed by atoms with van der Waals surface area (Å²) in [5, 5.41) is 8.99. The maximum absolute atomic E-state index is 11.0. The number of rotatable bonds is 5. The van der Waals surface area contributed by atoms with Gasteiger partial charge in [0.25, 0.3) is 0 Å². The molecule has 0 radical (unpaired) electrons. The molecule has 0 spiro atoms. The van der Waals surface area contributed by atoms with Crippen LogP contribution in [-0.2, 0) is 4.74 Å². The maximum atomic E-state index is 11.0. The Kier molecular flexibility index (Phi) is 3.85. The van der Waals surface area contributed by atoms with Crippen LogP contribution in [0.15, 0.2) is 18.2 Å². The molecule has 1 unspecified atom stereocenters. The molecule has 0 aliphatic carbocycles. The summed E-state index contributed by atoms with van der Waals surface area (Å²) in [5.41, 5.74) is 1.91. The van der Waals surface area contributed by atoms with Crippen molar-refractivity contribution in [3.05, 3.63) is 29.6 Å². The number of nitrogens with zero attached hydrogens (tertiary/aromatic N) is 2. The van der Waals surface area contributed by atoms with E-state index in [4.69, 9.17) is 9.84 Å². The summed E-state index contributed by atoms with van der Waals surface area (Å²) < 4.78 is 7.52. The van der Waals surface area contributed by atoms with Gasteiger partial charge in [0.2, 0.25) is 0 Å². The summed E-state index contributed by atoms with van der Waals surface area (Å²) in [6.45, 7) is 7.24. The molecule has 0 aliphatic rings. The Morgan fingerprint density at radius 1 is 1.53 bits per heavy atom. The highest BCUT2D eigenvalue weighted by Gasteiger charge is 2.14. The predicted octanol–water partition coefficient (Wildman–Crippen LogP) is 2.64. The number of carbonyl (C=O) groups is 1. The molecule has 5 nitrogen and oxygen atoms in total. The molecule has 1 atom stereocenters. The van der Waals surface area contributed by atoms with Gasteiger partial charge in [-0.1, -0.05) is 0 Å². The largest absolute Gasteiger partial charge is 0.478 e. The van der Waals surface area contributed by atoms with Crippen molar-refractivity contribution in [3.63, 3.8) is 0 Å². The fourth-order valence-corrected chi connectivity index (χ4v) is 2.27. The third-order valence-electron chi connectivity index (χ3n) is 3.12. The number of ether oxygens (including phenoxy) is 1. The lowest BCUT2D eigenvalue weighted by molar-refractivity contribution is 0.0697. The quantitative estimate of drug-likeness (QED) is 0.899. The summed E-state index contributed by atoms with van der Waals surface area (Å²) in [6.07, 6.45) is 0. The van der Waals surface area contributed by atoms with Gasteiger partial charge in [-0.2, -0.15) is 0 Å². The molecule has 102 valence electrons. The summed E-state index contributed by atoms with van der Waals surface area (Å²) in [4.78, 5) is 15.4. The summed E-state index contributed by atoms with van der Waals surface area (Å²) in [6, 6.07) is 5.19. The number of hydrogen-bond acceptors (Lipinski definition) is 3. The van der Waals surface area contributed by atoms with Crippen LogP contribution in [0.2, 0.25) is 0 Å². The number of fused-ring (bicyclic) bond motifs is 1. The number of carboxylic acid groups (broad SMARTS) is 1. The molecular weight excluding hydrogens is 244 g/mol. The van der Waals surface area contributed by atoms with Gasteiger partial charge in [0.1, 0.15) is 5.82 Å². The fraction of sp³-hybridized carbons (Fsp3) is 0.429. The number of hydrogen-bond donors (Lipinski definition) is 1. The van der Waals surface area contributed by atoms with Crippen molar-refractivity contribution in [2.75, 3.05) is 13.2 Å². The van der Waals surface area contributed by atoms with Crippen molar-refractivity contribution in [2.24, 2.45) is 0 Å². The van der Waals surface area contributed by atoms with Crippen molar-refractivity contribution in [1.29, 1.82) is 0 Å². The van der Waals surface area contributed by atoms with Gasteiger partial charge in [-0.3, -0.25) is 0 Å². The summed E-state index contributed by atoms with van der Waals surface area (Å²) in [5.74, 6) is -0.0683. The average molecular weight is 262 g/mol. The van der Waals surface area contributed by atoms with Crippen LogP contribution in [-0.4, -0.2) is 33.8 Å². The van der Waals surface area contributed by atoms with Crippen LogP contribution in [0.1, 0.15) is 36.1 Å². The van der Waals surface area contributed by atoms with E-state index >= 15 is 0 Å². The molecule has 19 heavy (non-hydrogen) atoms. The Balaban J connectivity index is 2.44. The third-order valence-corrected chi connectivity index (χ3v) is 3.12. The number of imidazole rings is 1. The zero-order chi connectivity index (χ0) is 14.0. The molecule has 2 aromatic rings. The lowest BCUT2D eigenvalue weighted by Gasteiger charge is -2.16. The van der Waals surface area contributed by atoms with E-state index in [1.54, 1.807) is 18.2 Å². The number of benzene rings is 1. The first-order valence-corrected chi connectivity index (χ1v) is 6.34. The Bertz CT molecular complexity index is 604. The van der Waals surface area contributed by atoms with Gasteiger partial charge < -0.3 is 14.4 Å². The van der Waals surface area contributed by atoms with E-state index in [1.165, 1.54) is 0 Å². The second-order valence-corrected chi connectivity index (χ2v) is 4.55. The fourth-order valence-electron chi connectivity index (χ4n) is 2.27. The van der Waals surface area contributed by atoms with Crippen molar-refractivity contribution in [1.82, 2.24) is 9.55 Å². The van der Waals surface area contributed by atoms with Crippen LogP contribution >= 0.6 is 0 Å². The highest BCUT2D eigenvalue weighted by molar-refractivity contribution is 5.92. The first-order valence-electron chi connectivity index (χ1n) is 6.34. The van der Waals surface area contributed by atoms with E-state index in [0.29, 0.717) is 18.7 Å². The molecule has 5 heteroatoms. The van der Waals surface area contributed by atoms with E-state index in [1.807, 2.05) is 13.8 Å². The number of aromatic carboxylic acids is 1. The Morgan fingerprint density at radius 3 is 2.89 bits per heavy atom. The van der Waals surface area contributed by atoms with Crippen LogP contribution < -0.4 is 0 Å². The Morgan fingerprint density at radius 2 is 2.26 bits per heavy atom. The van der Waals surface area contributed by atoms with Gasteiger partial charge in [0, 0.05) is 6.61 Å². The van der Waals surface area contributed by atoms with Crippen molar-refractivity contribution >= 4 is 17.0 Å². The molecular formula is C14H18N2O3. The van der Waals surface area contributed by atoms with E-state index in [0.717, 1.165) is 11.3 Å². The lowest BCUT2D eigenvalue weighted by atomic mass is 10.2. The van der Waals surface area contributed by atoms with E-state index in [9.17, 15) is 4.79 Å². The Labute approximate surface area is 111 Å². The molecule has 1 heterocycles. The van der Waals surface area contributed by atoms with E-state index in [2.05, 4.69) is 16.5 Å². The van der Waals surface area contributed by atoms with Gasteiger partial charge in [0.05, 0.1) is 29.2 Å². The second kappa shape index (κ2) is 5.40. The minimum atomic E-state index is -0.934. The monoisotopic (exact) mass is 262 g/mol. The first kappa shape index (κ1) is 13.5.